The van der Waals surface area contributed by atoms with Gasteiger partial charge in [-0.2, -0.15) is 0 Å². The highest BCUT2D eigenvalue weighted by molar-refractivity contribution is 7.89. The van der Waals surface area contributed by atoms with Crippen LogP contribution in [0.1, 0.15) is 52.4 Å². The van der Waals surface area contributed by atoms with Gasteiger partial charge in [-0.3, -0.25) is 0 Å². The second kappa shape index (κ2) is 8.12. The molecule has 0 aliphatic carbocycles. The molecule has 5 heteroatoms. The molecule has 1 aliphatic heterocycles. The molecule has 1 saturated heterocycles. The molecule has 1 fully saturated rings. The number of hydrogen-bond acceptors (Lipinski definition) is 3. The van der Waals surface area contributed by atoms with Crippen LogP contribution in [0.25, 0.3) is 0 Å². The second-order valence-corrected chi connectivity index (χ2v) is 7.53. The van der Waals surface area contributed by atoms with Gasteiger partial charge in [-0.15, -0.1) is 0 Å². The molecule has 4 nitrogen and oxygen atoms in total. The summed E-state index contributed by atoms with van der Waals surface area (Å²) in [5, 5.41) is 3.31. The van der Waals surface area contributed by atoms with Crippen LogP contribution in [0, 0.1) is 0 Å². The highest BCUT2D eigenvalue weighted by Gasteiger charge is 2.22. The zero-order valence-electron chi connectivity index (χ0n) is 11.8. The summed E-state index contributed by atoms with van der Waals surface area (Å²) in [6, 6.07) is 0.479. The van der Waals surface area contributed by atoms with Crippen molar-refractivity contribution in [2.75, 3.05) is 25.4 Å². The second-order valence-electron chi connectivity index (χ2n) is 5.45. The van der Waals surface area contributed by atoms with E-state index in [-0.39, 0.29) is 0 Å². The topological polar surface area (TPSA) is 49.4 Å². The van der Waals surface area contributed by atoms with E-state index in [1.807, 2.05) is 0 Å². The van der Waals surface area contributed by atoms with Crippen LogP contribution >= 0.6 is 0 Å². The van der Waals surface area contributed by atoms with Crippen LogP contribution in [0.5, 0.6) is 0 Å². The van der Waals surface area contributed by atoms with Crippen LogP contribution in [-0.2, 0) is 10.0 Å². The van der Waals surface area contributed by atoms with E-state index in [9.17, 15) is 8.42 Å². The lowest BCUT2D eigenvalue weighted by Crippen LogP contribution is -2.34. The molecule has 0 bridgehead atoms. The first-order chi connectivity index (χ1) is 8.52. The third-order valence-electron chi connectivity index (χ3n) is 3.34. The minimum Gasteiger partial charge on any atom is -0.315 e. The maximum Gasteiger partial charge on any atom is 0.214 e. The van der Waals surface area contributed by atoms with E-state index in [2.05, 4.69) is 19.2 Å². The predicted molar refractivity (Wildman–Crippen MR) is 76.2 cm³/mol. The molecule has 0 amide bonds. The highest BCUT2D eigenvalue weighted by atomic mass is 32.2. The summed E-state index contributed by atoms with van der Waals surface area (Å²) in [7, 11) is -3.00. The molecule has 0 radical (unpaired) electrons. The van der Waals surface area contributed by atoms with Crippen molar-refractivity contribution in [3.8, 4) is 0 Å². The van der Waals surface area contributed by atoms with Crippen molar-refractivity contribution in [1.29, 1.82) is 0 Å². The van der Waals surface area contributed by atoms with Crippen LogP contribution in [0.2, 0.25) is 0 Å². The van der Waals surface area contributed by atoms with Gasteiger partial charge in [0.05, 0.1) is 5.75 Å². The molecule has 108 valence electrons. The van der Waals surface area contributed by atoms with Gasteiger partial charge in [0, 0.05) is 19.1 Å². The van der Waals surface area contributed by atoms with E-state index in [1.54, 1.807) is 4.31 Å². The van der Waals surface area contributed by atoms with Crippen molar-refractivity contribution in [3.05, 3.63) is 0 Å². The number of hydrogen-bond donors (Lipinski definition) is 1. The van der Waals surface area contributed by atoms with Crippen molar-refractivity contribution in [3.63, 3.8) is 0 Å². The fraction of sp³-hybridized carbons (Fsp3) is 1.00. The van der Waals surface area contributed by atoms with Crippen molar-refractivity contribution >= 4 is 10.0 Å². The Kier molecular flexibility index (Phi) is 7.19. The Bertz CT molecular complexity index is 307. The molecule has 0 spiro atoms. The molecule has 0 saturated carbocycles. The summed E-state index contributed by atoms with van der Waals surface area (Å²) >= 11 is 0. The Morgan fingerprint density at radius 3 is 2.22 bits per heavy atom. The van der Waals surface area contributed by atoms with Crippen LogP contribution in [-0.4, -0.2) is 44.2 Å². The number of sulfonamides is 1. The first-order valence-electron chi connectivity index (χ1n) is 7.23. The standard InChI is InChI=1S/C13H28N2O2S/c1-13(2)14-9-5-8-12-18(16,17)15-10-6-3-4-7-11-15/h13-14H,3-12H2,1-2H3. The van der Waals surface area contributed by atoms with E-state index in [0.29, 0.717) is 11.8 Å². The molecule has 1 rings (SSSR count). The Morgan fingerprint density at radius 1 is 1.06 bits per heavy atom. The number of unbranched alkanes of at least 4 members (excludes halogenated alkanes) is 1. The average molecular weight is 276 g/mol. The maximum absolute atomic E-state index is 12.1. The van der Waals surface area contributed by atoms with Crippen molar-refractivity contribution < 1.29 is 8.42 Å². The minimum absolute atomic E-state index is 0.312. The monoisotopic (exact) mass is 276 g/mol. The molecule has 0 aromatic rings. The Hall–Kier alpha value is -0.130. The van der Waals surface area contributed by atoms with Crippen LogP contribution in [0.3, 0.4) is 0 Å². The minimum atomic E-state index is -3.00. The molecule has 1 N–H and O–H groups in total. The number of nitrogens with one attached hydrogen (secondary N) is 1. The SMILES string of the molecule is CC(C)NCCCCS(=O)(=O)N1CCCCCC1. The highest BCUT2D eigenvalue weighted by Crippen LogP contribution is 2.14. The van der Waals surface area contributed by atoms with Crippen molar-refractivity contribution in [2.45, 2.75) is 58.4 Å². The van der Waals surface area contributed by atoms with Crippen LogP contribution in [0.15, 0.2) is 0 Å². The van der Waals surface area contributed by atoms with Gasteiger partial charge >= 0.3 is 0 Å². The molecule has 0 aromatic heterocycles. The van der Waals surface area contributed by atoms with Crippen LogP contribution < -0.4 is 5.32 Å². The fourth-order valence-electron chi connectivity index (χ4n) is 2.25. The van der Waals surface area contributed by atoms with Gasteiger partial charge in [0.25, 0.3) is 0 Å². The summed E-state index contributed by atoms with van der Waals surface area (Å²) in [6.45, 7) is 6.58. The Morgan fingerprint density at radius 2 is 1.67 bits per heavy atom. The largest absolute Gasteiger partial charge is 0.315 e. The van der Waals surface area contributed by atoms with Crippen molar-refractivity contribution in [1.82, 2.24) is 9.62 Å². The zero-order valence-corrected chi connectivity index (χ0v) is 12.6. The molecule has 1 aliphatic rings. The summed E-state index contributed by atoms with van der Waals surface area (Å²) in [4.78, 5) is 0. The predicted octanol–water partition coefficient (Wildman–Crippen LogP) is 1.97. The van der Waals surface area contributed by atoms with Crippen LogP contribution in [0.4, 0.5) is 0 Å². The summed E-state index contributed by atoms with van der Waals surface area (Å²) in [5.74, 6) is 0.312. The third kappa shape index (κ3) is 6.16. The molecule has 0 atom stereocenters. The Labute approximate surface area is 112 Å². The first-order valence-corrected chi connectivity index (χ1v) is 8.84. The van der Waals surface area contributed by atoms with E-state index in [4.69, 9.17) is 0 Å². The zero-order chi connectivity index (χ0) is 13.4. The average Bonchev–Trinajstić information content (AvgIpc) is 2.56. The molecule has 1 heterocycles. The van der Waals surface area contributed by atoms with E-state index < -0.39 is 10.0 Å². The van der Waals surface area contributed by atoms with Gasteiger partial charge < -0.3 is 5.32 Å². The van der Waals surface area contributed by atoms with E-state index in [1.165, 1.54) is 12.8 Å². The summed E-state index contributed by atoms with van der Waals surface area (Å²) in [6.07, 6.45) is 6.08. The van der Waals surface area contributed by atoms with Gasteiger partial charge in [0.2, 0.25) is 10.0 Å². The van der Waals surface area contributed by atoms with Gasteiger partial charge in [-0.25, -0.2) is 12.7 Å². The maximum atomic E-state index is 12.1. The Balaban J connectivity index is 2.25. The fourth-order valence-corrected chi connectivity index (χ4v) is 3.89. The molecular formula is C13H28N2O2S. The number of nitrogens with zero attached hydrogens (tertiary/aromatic N) is 1. The van der Waals surface area contributed by atoms with Gasteiger partial charge in [0.15, 0.2) is 0 Å². The quantitative estimate of drug-likeness (QED) is 0.723. The summed E-state index contributed by atoms with van der Waals surface area (Å²) < 4.78 is 26.0. The van der Waals surface area contributed by atoms with E-state index in [0.717, 1.165) is 45.3 Å². The lowest BCUT2D eigenvalue weighted by atomic mass is 10.2. The molecule has 0 unspecified atom stereocenters. The van der Waals surface area contributed by atoms with Gasteiger partial charge in [-0.05, 0) is 32.2 Å². The summed E-state index contributed by atoms with van der Waals surface area (Å²) in [5.41, 5.74) is 0. The molecule has 0 aromatic carbocycles. The van der Waals surface area contributed by atoms with Gasteiger partial charge in [-0.1, -0.05) is 26.7 Å². The van der Waals surface area contributed by atoms with Crippen molar-refractivity contribution in [2.24, 2.45) is 0 Å². The lowest BCUT2D eigenvalue weighted by molar-refractivity contribution is 0.422. The molecule has 18 heavy (non-hydrogen) atoms. The van der Waals surface area contributed by atoms with E-state index >= 15 is 0 Å². The lowest BCUT2D eigenvalue weighted by Gasteiger charge is -2.19. The molecular weight excluding hydrogens is 248 g/mol. The smallest absolute Gasteiger partial charge is 0.214 e. The third-order valence-corrected chi connectivity index (χ3v) is 5.30. The van der Waals surface area contributed by atoms with Gasteiger partial charge in [0.1, 0.15) is 0 Å². The first kappa shape index (κ1) is 15.9. The normalized spacial score (nSPS) is 19.1. The number of rotatable bonds is 7.